The van der Waals surface area contributed by atoms with Gasteiger partial charge < -0.3 is 60.7 Å². The van der Waals surface area contributed by atoms with Gasteiger partial charge >= 0.3 is 0 Å². The molecule has 0 aliphatic carbocycles. The number of aromatic amines is 1. The minimum atomic E-state index is -5.35. The Balaban J connectivity index is 1.09. The quantitative estimate of drug-likeness (QED) is 0.0414. The van der Waals surface area contributed by atoms with E-state index < -0.39 is 84.6 Å². The number of rotatable bonds is 12. The first kappa shape index (κ1) is 32.5. The lowest BCUT2D eigenvalue weighted by Gasteiger charge is -2.30. The summed E-state index contributed by atoms with van der Waals surface area (Å²) < 4.78 is 39.1. The number of phosphoric ester groups is 1. The predicted octanol–water partition coefficient (Wildman–Crippen LogP) is -4.81. The smallest absolute Gasteiger partial charge is 0.295 e. The number of hydrogen-bond acceptors (Lipinski definition) is 17. The number of hydrogen-bond donors (Lipinski definition) is 7. The number of anilines is 1. The molecule has 3 aromatic rings. The van der Waals surface area contributed by atoms with Gasteiger partial charge in [-0.15, -0.1) is 0 Å². The Kier molecular flexibility index (Phi) is 9.80. The molecule has 21 nitrogen and oxygen atoms in total. The van der Waals surface area contributed by atoms with E-state index in [2.05, 4.69) is 28.5 Å². The van der Waals surface area contributed by atoms with E-state index in [4.69, 9.17) is 25.8 Å². The minimum Gasteiger partial charge on any atom is -0.783 e. The second-order valence-electron chi connectivity index (χ2n) is 9.54. The molecule has 0 saturated carbocycles. The minimum absolute atomic E-state index is 0.0828. The lowest BCUT2D eigenvalue weighted by Crippen LogP contribution is -2.47. The molecule has 44 heavy (non-hydrogen) atoms. The van der Waals surface area contributed by atoms with Crippen LogP contribution in [0.25, 0.3) is 11.2 Å². The number of nitrogen functional groups attached to an aromatic ring is 1. The number of nitrogens with two attached hydrogens (primary N) is 2. The maximum Gasteiger partial charge on any atom is 0.295 e. The molecule has 3 aromatic heterocycles. The van der Waals surface area contributed by atoms with Crippen molar-refractivity contribution in [3.8, 4) is 0 Å². The molecule has 10 atom stereocenters. The van der Waals surface area contributed by atoms with Crippen molar-refractivity contribution in [3.05, 3.63) is 42.7 Å². The van der Waals surface area contributed by atoms with Crippen molar-refractivity contribution >= 4 is 39.3 Å². The van der Waals surface area contributed by atoms with Crippen LogP contribution < -0.4 is 30.4 Å². The van der Waals surface area contributed by atoms with Gasteiger partial charge in [0.05, 0.1) is 6.61 Å². The van der Waals surface area contributed by atoms with Crippen LogP contribution in [0.5, 0.6) is 0 Å². The number of fused-ring (bicyclic) bond motifs is 1. The molecule has 10 unspecified atom stereocenters. The Morgan fingerprint density at radius 1 is 1.11 bits per heavy atom. The summed E-state index contributed by atoms with van der Waals surface area (Å²) in [6.07, 6.45) is -5.97. The van der Waals surface area contributed by atoms with Gasteiger partial charge in [-0.1, -0.05) is 9.97 Å². The molecule has 0 radical (unpaired) electrons. The Labute approximate surface area is 247 Å². The van der Waals surface area contributed by atoms with Gasteiger partial charge in [0.25, 0.3) is 25.6 Å². The number of nitrogens with zero attached hydrogens (tertiary/aromatic N) is 4. The van der Waals surface area contributed by atoms with E-state index in [0.717, 1.165) is 0 Å². The highest BCUT2D eigenvalue weighted by atomic mass is 31.3. The summed E-state index contributed by atoms with van der Waals surface area (Å²) >= 11 is 0. The fourth-order valence-corrected chi connectivity index (χ4v) is 5.96. The van der Waals surface area contributed by atoms with E-state index in [1.807, 2.05) is 0 Å². The molecule has 5 rings (SSSR count). The van der Waals surface area contributed by atoms with Crippen LogP contribution in [0.1, 0.15) is 22.8 Å². The molecule has 2 aliphatic rings. The second-order valence-corrected chi connectivity index (χ2v) is 11.9. The number of aromatic nitrogens is 5. The van der Waals surface area contributed by atoms with Crippen molar-refractivity contribution in [2.24, 2.45) is 5.73 Å². The molecular formula is C21H27N7O14P2. The SMILES string of the molecule is NC(=O)c1ccc[n+](C2OC(COP(=O)([O-])OP([O-])OOCC3OC([n+]4cnc(N)c5[nH]cnc54)C(O)C3O)C(O)C2O)c1. The van der Waals surface area contributed by atoms with Crippen LogP contribution in [0.2, 0.25) is 0 Å². The van der Waals surface area contributed by atoms with Gasteiger partial charge in [0, 0.05) is 6.07 Å². The summed E-state index contributed by atoms with van der Waals surface area (Å²) in [5.41, 5.74) is 11.7. The molecule has 0 aromatic carbocycles. The number of imidazole rings is 1. The largest absolute Gasteiger partial charge is 0.783 e. The summed E-state index contributed by atoms with van der Waals surface area (Å²) in [7, 11) is -8.85. The predicted molar refractivity (Wildman–Crippen MR) is 134 cm³/mol. The Morgan fingerprint density at radius 3 is 2.52 bits per heavy atom. The second kappa shape index (κ2) is 13.3. The Bertz CT molecular complexity index is 1540. The van der Waals surface area contributed by atoms with Crippen LogP contribution in [0.4, 0.5) is 5.82 Å². The monoisotopic (exact) mass is 663 g/mol. The van der Waals surface area contributed by atoms with Gasteiger partial charge in [0.2, 0.25) is 18.4 Å². The average Bonchev–Trinajstić information content (AvgIpc) is 3.66. The lowest BCUT2D eigenvalue weighted by atomic mass is 10.1. The number of aliphatic hydroxyl groups is 4. The maximum absolute atomic E-state index is 12.2. The number of H-pyrrole nitrogens is 1. The van der Waals surface area contributed by atoms with Crippen LogP contribution in [0, 0.1) is 0 Å². The van der Waals surface area contributed by atoms with Gasteiger partial charge in [-0.05, 0) is 6.07 Å². The summed E-state index contributed by atoms with van der Waals surface area (Å²) in [4.78, 5) is 51.1. The maximum atomic E-state index is 12.2. The highest BCUT2D eigenvalue weighted by Gasteiger charge is 2.49. The van der Waals surface area contributed by atoms with Crippen molar-refractivity contribution in [1.82, 2.24) is 15.0 Å². The van der Waals surface area contributed by atoms with Gasteiger partial charge in [0.1, 0.15) is 51.3 Å². The third-order valence-electron chi connectivity index (χ3n) is 6.70. The van der Waals surface area contributed by atoms with Gasteiger partial charge in [-0.3, -0.25) is 13.7 Å². The molecule has 240 valence electrons. The van der Waals surface area contributed by atoms with E-state index in [1.165, 1.54) is 46.3 Å². The Hall–Kier alpha value is -2.85. The average molecular weight is 663 g/mol. The van der Waals surface area contributed by atoms with Crippen molar-refractivity contribution < 1.29 is 76.6 Å². The summed E-state index contributed by atoms with van der Waals surface area (Å²) in [6.45, 7) is -1.50. The van der Waals surface area contributed by atoms with Crippen LogP contribution in [0.3, 0.4) is 0 Å². The van der Waals surface area contributed by atoms with E-state index in [-0.39, 0.29) is 17.0 Å². The van der Waals surface area contributed by atoms with Gasteiger partial charge in [-0.2, -0.15) is 4.57 Å². The number of carbonyl (C=O) groups excluding carboxylic acids is 1. The molecule has 5 heterocycles. The number of ether oxygens (including phenoxy) is 2. The molecule has 9 N–H and O–H groups in total. The molecule has 2 saturated heterocycles. The molecular weight excluding hydrogens is 636 g/mol. The molecule has 2 aliphatic heterocycles. The van der Waals surface area contributed by atoms with Crippen molar-refractivity contribution in [1.29, 1.82) is 0 Å². The molecule has 1 amide bonds. The van der Waals surface area contributed by atoms with Crippen LogP contribution in [0.15, 0.2) is 37.2 Å². The number of phosphoric acid groups is 1. The molecule has 0 spiro atoms. The standard InChI is InChI=1S/C21H27N7O14P2/c22-17-12-19(25-7-24-12)28(8-26-17)21-16(32)13(29)10(40-21)5-37-41-43(34)42-44(35,36)38-6-11-14(30)15(31)20(39-11)27-3-1-2-9(4-27)18(23)33/h1-4,7-8,10-11,13-16,20-21,29-32H,5-6H2,(H5,22,23,24,25,33,35,36). The number of aliphatic hydroxyl groups excluding tert-OH is 4. The zero-order valence-corrected chi connectivity index (χ0v) is 24.0. The van der Waals surface area contributed by atoms with Crippen molar-refractivity contribution in [2.45, 2.75) is 49.1 Å². The number of carbonyl (C=O) groups is 1. The summed E-state index contributed by atoms with van der Waals surface area (Å²) in [6, 6.07) is 2.86. The number of pyridine rings is 1. The molecule has 0 bridgehead atoms. The first-order valence-electron chi connectivity index (χ1n) is 12.6. The Morgan fingerprint density at radius 2 is 1.80 bits per heavy atom. The first-order valence-corrected chi connectivity index (χ1v) is 15.2. The van der Waals surface area contributed by atoms with E-state index in [0.29, 0.717) is 5.52 Å². The van der Waals surface area contributed by atoms with Crippen LogP contribution in [-0.4, -0.2) is 91.1 Å². The topological polar surface area (TPSA) is 318 Å². The molecule has 23 heteroatoms. The van der Waals surface area contributed by atoms with Crippen LogP contribution >= 0.6 is 16.4 Å². The molecule has 2 fully saturated rings. The van der Waals surface area contributed by atoms with Gasteiger partial charge in [-0.25, -0.2) is 14.1 Å². The fourth-order valence-electron chi connectivity index (χ4n) is 4.53. The summed E-state index contributed by atoms with van der Waals surface area (Å²) in [5, 5.41) is 41.5. The number of nitrogens with one attached hydrogen (secondary N) is 1. The van der Waals surface area contributed by atoms with Crippen molar-refractivity contribution in [2.75, 3.05) is 18.9 Å². The lowest BCUT2D eigenvalue weighted by molar-refractivity contribution is -0.765. The normalized spacial score (nSPS) is 30.9. The number of primary amides is 1. The van der Waals surface area contributed by atoms with E-state index in [9.17, 15) is 39.6 Å². The first-order chi connectivity index (χ1) is 20.9. The zero-order valence-electron chi connectivity index (χ0n) is 22.2. The highest BCUT2D eigenvalue weighted by Crippen LogP contribution is 2.51. The zero-order chi connectivity index (χ0) is 31.8. The van der Waals surface area contributed by atoms with E-state index in [1.54, 1.807) is 0 Å². The van der Waals surface area contributed by atoms with Gasteiger partial charge in [0.15, 0.2) is 30.3 Å². The third-order valence-corrected chi connectivity index (χ3v) is 8.73. The summed E-state index contributed by atoms with van der Waals surface area (Å²) in [5.74, 6) is -0.616. The third kappa shape index (κ3) is 6.86. The highest BCUT2D eigenvalue weighted by molar-refractivity contribution is 7.56. The fraction of sp³-hybridized carbons (Fsp3) is 0.476. The van der Waals surface area contributed by atoms with E-state index >= 15 is 0 Å². The number of amides is 1. The van der Waals surface area contributed by atoms with Crippen molar-refractivity contribution in [3.63, 3.8) is 0 Å². The van der Waals surface area contributed by atoms with Crippen LogP contribution in [-0.2, 0) is 32.4 Å².